The van der Waals surface area contributed by atoms with Crippen LogP contribution in [0.3, 0.4) is 0 Å². The zero-order valence-electron chi connectivity index (χ0n) is 14.4. The Labute approximate surface area is 147 Å². The first-order valence-corrected chi connectivity index (χ1v) is 8.19. The van der Waals surface area contributed by atoms with Crippen LogP contribution < -0.4 is 10.1 Å². The van der Waals surface area contributed by atoms with E-state index in [1.165, 1.54) is 0 Å². The predicted molar refractivity (Wildman–Crippen MR) is 95.9 cm³/mol. The molecule has 132 valence electrons. The summed E-state index contributed by atoms with van der Waals surface area (Å²) in [6, 6.07) is 16.5. The van der Waals surface area contributed by atoms with Gasteiger partial charge in [-0.15, -0.1) is 0 Å². The Hall–Kier alpha value is -2.82. The van der Waals surface area contributed by atoms with Crippen molar-refractivity contribution < 1.29 is 19.4 Å². The monoisotopic (exact) mass is 341 g/mol. The number of carboxylic acids is 1. The van der Waals surface area contributed by atoms with E-state index < -0.39 is 11.9 Å². The molecule has 0 aromatic heterocycles. The van der Waals surface area contributed by atoms with Gasteiger partial charge in [0.15, 0.2) is 0 Å². The molecule has 2 unspecified atom stereocenters. The fourth-order valence-electron chi connectivity index (χ4n) is 2.65. The summed E-state index contributed by atoms with van der Waals surface area (Å²) in [6.07, 6.45) is 0.299. The summed E-state index contributed by atoms with van der Waals surface area (Å²) in [5, 5.41) is 12.1. The van der Waals surface area contributed by atoms with Gasteiger partial charge in [-0.1, -0.05) is 49.4 Å². The van der Waals surface area contributed by atoms with E-state index in [9.17, 15) is 14.7 Å². The van der Waals surface area contributed by atoms with E-state index in [-0.39, 0.29) is 18.4 Å². The smallest absolute Gasteiger partial charge is 0.312 e. The molecule has 0 aliphatic heterocycles. The summed E-state index contributed by atoms with van der Waals surface area (Å²) in [6.45, 7) is 2.04. The number of carbonyl (C=O) groups is 2. The Morgan fingerprint density at radius 1 is 1.04 bits per heavy atom. The van der Waals surface area contributed by atoms with Gasteiger partial charge in [0.2, 0.25) is 5.91 Å². The highest BCUT2D eigenvalue weighted by atomic mass is 16.5. The van der Waals surface area contributed by atoms with E-state index in [2.05, 4.69) is 5.32 Å². The Balaban J connectivity index is 1.91. The Bertz CT molecular complexity index is 697. The summed E-state index contributed by atoms with van der Waals surface area (Å²) in [7, 11) is 1.61. The van der Waals surface area contributed by atoms with Crippen molar-refractivity contribution >= 4 is 11.9 Å². The van der Waals surface area contributed by atoms with Crippen molar-refractivity contribution in [3.63, 3.8) is 0 Å². The van der Waals surface area contributed by atoms with Crippen LogP contribution in [0.5, 0.6) is 5.75 Å². The second-order valence-electron chi connectivity index (χ2n) is 5.98. The molecule has 5 nitrogen and oxygen atoms in total. The zero-order valence-corrected chi connectivity index (χ0v) is 14.4. The first-order chi connectivity index (χ1) is 12.0. The van der Waals surface area contributed by atoms with E-state index in [1.54, 1.807) is 31.4 Å². The van der Waals surface area contributed by atoms with E-state index >= 15 is 0 Å². The van der Waals surface area contributed by atoms with Gasteiger partial charge in [0.1, 0.15) is 5.75 Å². The zero-order chi connectivity index (χ0) is 18.2. The van der Waals surface area contributed by atoms with Crippen molar-refractivity contribution in [1.82, 2.24) is 5.32 Å². The van der Waals surface area contributed by atoms with Crippen molar-refractivity contribution in [2.24, 2.45) is 0 Å². The average molecular weight is 341 g/mol. The van der Waals surface area contributed by atoms with Crippen LogP contribution in [0.2, 0.25) is 0 Å². The topological polar surface area (TPSA) is 75.6 Å². The van der Waals surface area contributed by atoms with Crippen molar-refractivity contribution in [3.05, 3.63) is 65.7 Å². The van der Waals surface area contributed by atoms with Gasteiger partial charge < -0.3 is 15.2 Å². The largest absolute Gasteiger partial charge is 0.497 e. The number of carboxylic acid groups (broad SMARTS) is 1. The normalized spacial score (nSPS) is 12.9. The molecule has 0 bridgehead atoms. The average Bonchev–Trinajstić information content (AvgIpc) is 2.62. The number of carbonyl (C=O) groups excluding carboxylic acids is 1. The molecule has 2 atom stereocenters. The van der Waals surface area contributed by atoms with Crippen LogP contribution in [0.25, 0.3) is 0 Å². The molecule has 2 rings (SSSR count). The minimum Gasteiger partial charge on any atom is -0.497 e. The molecule has 25 heavy (non-hydrogen) atoms. The van der Waals surface area contributed by atoms with Crippen LogP contribution >= 0.6 is 0 Å². The summed E-state index contributed by atoms with van der Waals surface area (Å²) < 4.78 is 5.12. The number of nitrogens with one attached hydrogen (secondary N) is 1. The molecule has 0 fully saturated rings. The lowest BCUT2D eigenvalue weighted by molar-refractivity contribution is -0.138. The first kappa shape index (κ1) is 18.5. The molecular formula is C20H23NO4. The Morgan fingerprint density at radius 2 is 1.68 bits per heavy atom. The number of ether oxygens (including phenoxy) is 1. The minimum atomic E-state index is -0.949. The van der Waals surface area contributed by atoms with Crippen molar-refractivity contribution in [1.29, 1.82) is 0 Å². The number of benzene rings is 2. The van der Waals surface area contributed by atoms with Crippen molar-refractivity contribution in [3.8, 4) is 5.75 Å². The van der Waals surface area contributed by atoms with Crippen LogP contribution in [0, 0.1) is 0 Å². The maximum atomic E-state index is 12.2. The lowest BCUT2D eigenvalue weighted by atomic mass is 9.96. The number of hydrogen-bond acceptors (Lipinski definition) is 3. The Morgan fingerprint density at radius 3 is 2.24 bits per heavy atom. The Kier molecular flexibility index (Phi) is 6.57. The molecular weight excluding hydrogens is 318 g/mol. The third kappa shape index (κ3) is 5.35. The predicted octanol–water partition coefficient (Wildman–Crippen LogP) is 3.17. The molecule has 0 heterocycles. The van der Waals surface area contributed by atoms with E-state index in [4.69, 9.17) is 4.74 Å². The lowest BCUT2D eigenvalue weighted by Crippen LogP contribution is -2.32. The van der Waals surface area contributed by atoms with Gasteiger partial charge in [0, 0.05) is 13.0 Å². The van der Waals surface area contributed by atoms with Crippen LogP contribution in [0.1, 0.15) is 36.3 Å². The number of methoxy groups -OCH3 is 1. The molecule has 5 heteroatoms. The van der Waals surface area contributed by atoms with Gasteiger partial charge in [-0.25, -0.2) is 0 Å². The molecule has 0 radical (unpaired) electrons. The van der Waals surface area contributed by atoms with Crippen LogP contribution in [0.15, 0.2) is 54.6 Å². The molecule has 0 aliphatic carbocycles. The highest BCUT2D eigenvalue weighted by Gasteiger charge is 2.21. The van der Waals surface area contributed by atoms with Gasteiger partial charge in [-0.3, -0.25) is 9.59 Å². The lowest BCUT2D eigenvalue weighted by Gasteiger charge is -2.16. The quantitative estimate of drug-likeness (QED) is 0.773. The van der Waals surface area contributed by atoms with E-state index in [1.807, 2.05) is 37.3 Å². The molecule has 2 aromatic rings. The molecule has 2 N–H and O–H groups in total. The van der Waals surface area contributed by atoms with Gasteiger partial charge in [-0.2, -0.15) is 0 Å². The summed E-state index contributed by atoms with van der Waals surface area (Å²) >= 11 is 0. The molecule has 2 aromatic carbocycles. The van der Waals surface area contributed by atoms with Gasteiger partial charge in [0.05, 0.1) is 13.0 Å². The van der Waals surface area contributed by atoms with E-state index in [0.717, 1.165) is 11.3 Å². The number of rotatable bonds is 8. The van der Waals surface area contributed by atoms with Crippen LogP contribution in [-0.4, -0.2) is 30.6 Å². The third-order valence-electron chi connectivity index (χ3n) is 4.18. The fourth-order valence-corrected chi connectivity index (χ4v) is 2.65. The summed E-state index contributed by atoms with van der Waals surface area (Å²) in [5.41, 5.74) is 1.72. The van der Waals surface area contributed by atoms with Gasteiger partial charge in [-0.05, 0) is 29.2 Å². The van der Waals surface area contributed by atoms with Gasteiger partial charge >= 0.3 is 5.97 Å². The minimum absolute atomic E-state index is 0.0332. The number of hydrogen-bond donors (Lipinski definition) is 2. The van der Waals surface area contributed by atoms with Crippen LogP contribution in [-0.2, 0) is 9.59 Å². The summed E-state index contributed by atoms with van der Waals surface area (Å²) in [4.78, 5) is 23.6. The molecule has 0 spiro atoms. The second kappa shape index (κ2) is 8.87. The highest BCUT2D eigenvalue weighted by molar-refractivity contribution is 5.80. The second-order valence-corrected chi connectivity index (χ2v) is 5.98. The molecule has 1 amide bonds. The maximum absolute atomic E-state index is 12.2. The van der Waals surface area contributed by atoms with Crippen molar-refractivity contribution in [2.45, 2.75) is 25.2 Å². The molecule has 0 saturated heterocycles. The van der Waals surface area contributed by atoms with Gasteiger partial charge in [0.25, 0.3) is 0 Å². The van der Waals surface area contributed by atoms with Crippen molar-refractivity contribution in [2.75, 3.05) is 13.7 Å². The standard InChI is InChI=1S/C20H23NO4/c1-14(15-8-10-17(25-2)11-9-15)12-19(22)21-13-18(20(23)24)16-6-4-3-5-7-16/h3-11,14,18H,12-13H2,1-2H3,(H,21,22)(H,23,24). The van der Waals surface area contributed by atoms with Crippen LogP contribution in [0.4, 0.5) is 0 Å². The third-order valence-corrected chi connectivity index (χ3v) is 4.18. The molecule has 0 aliphatic rings. The van der Waals surface area contributed by atoms with E-state index in [0.29, 0.717) is 12.0 Å². The number of aliphatic carboxylic acids is 1. The summed E-state index contributed by atoms with van der Waals surface area (Å²) in [5.74, 6) is -1.06. The SMILES string of the molecule is COc1ccc(C(C)CC(=O)NCC(C(=O)O)c2ccccc2)cc1. The maximum Gasteiger partial charge on any atom is 0.312 e. The highest BCUT2D eigenvalue weighted by Crippen LogP contribution is 2.22. The first-order valence-electron chi connectivity index (χ1n) is 8.19. The molecule has 0 saturated carbocycles. The number of amides is 1. The fraction of sp³-hybridized carbons (Fsp3) is 0.300.